The molecule has 4 heteroatoms. The molecule has 0 saturated heterocycles. The fraction of sp³-hybridized carbons (Fsp3) is 0.353. The molecule has 1 aliphatic carbocycles. The van der Waals surface area contributed by atoms with Gasteiger partial charge in [0, 0.05) is 11.1 Å². The third-order valence-electron chi connectivity index (χ3n) is 4.84. The maximum atomic E-state index is 12.6. The zero-order valence-electron chi connectivity index (χ0n) is 12.0. The number of aromatic nitrogens is 1. The summed E-state index contributed by atoms with van der Waals surface area (Å²) in [6, 6.07) is 3.80. The van der Waals surface area contributed by atoms with Crippen LogP contribution in [0, 0.1) is 12.8 Å². The Balaban J connectivity index is 2.33. The van der Waals surface area contributed by atoms with Crippen LogP contribution in [0.25, 0.3) is 16.3 Å². The van der Waals surface area contributed by atoms with E-state index in [1.165, 1.54) is 5.56 Å². The molecular weight excluding hydrogens is 286 g/mol. The molecule has 1 N–H and O–H groups in total. The molecule has 0 bridgehead atoms. The number of benzene rings is 1. The molecule has 3 aromatic rings. The molecule has 0 fully saturated rings. The van der Waals surface area contributed by atoms with E-state index in [0.717, 1.165) is 35.9 Å². The molecule has 1 unspecified atom stereocenters. The lowest BCUT2D eigenvalue weighted by molar-refractivity contribution is 0.474. The Morgan fingerprint density at radius 2 is 2.14 bits per heavy atom. The Morgan fingerprint density at radius 3 is 2.90 bits per heavy atom. The van der Waals surface area contributed by atoms with Crippen molar-refractivity contribution >= 4 is 27.9 Å². The van der Waals surface area contributed by atoms with Gasteiger partial charge in [0.25, 0.3) is 5.56 Å². The minimum absolute atomic E-state index is 0.0194. The quantitative estimate of drug-likeness (QED) is 0.688. The minimum atomic E-state index is -0.122. The predicted molar refractivity (Wildman–Crippen MR) is 85.0 cm³/mol. The van der Waals surface area contributed by atoms with E-state index in [2.05, 4.69) is 6.92 Å². The number of rotatable bonds is 0. The highest BCUT2D eigenvalue weighted by Crippen LogP contribution is 2.41. The lowest BCUT2D eigenvalue weighted by atomic mass is 9.87. The second kappa shape index (κ2) is 4.14. The van der Waals surface area contributed by atoms with Gasteiger partial charge in [-0.3, -0.25) is 9.20 Å². The first-order chi connectivity index (χ1) is 10.0. The fourth-order valence-corrected chi connectivity index (χ4v) is 3.94. The summed E-state index contributed by atoms with van der Waals surface area (Å²) in [5, 5.41) is 12.5. The van der Waals surface area contributed by atoms with Gasteiger partial charge in [0.05, 0.1) is 21.5 Å². The van der Waals surface area contributed by atoms with Gasteiger partial charge in [-0.1, -0.05) is 24.6 Å². The first kappa shape index (κ1) is 13.0. The summed E-state index contributed by atoms with van der Waals surface area (Å²) in [4.78, 5) is 12.6. The van der Waals surface area contributed by atoms with Crippen molar-refractivity contribution < 1.29 is 5.11 Å². The highest BCUT2D eigenvalue weighted by Gasteiger charge is 2.27. The highest BCUT2D eigenvalue weighted by molar-refractivity contribution is 6.37. The molecule has 0 spiro atoms. The van der Waals surface area contributed by atoms with Crippen molar-refractivity contribution in [3.8, 4) is 5.75 Å². The van der Waals surface area contributed by atoms with Crippen LogP contribution >= 0.6 is 11.6 Å². The molecule has 0 amide bonds. The van der Waals surface area contributed by atoms with E-state index in [4.69, 9.17) is 11.6 Å². The average Bonchev–Trinajstić information content (AvgIpc) is 2.77. The van der Waals surface area contributed by atoms with Gasteiger partial charge in [-0.15, -0.1) is 0 Å². The third-order valence-corrected chi connectivity index (χ3v) is 5.15. The SMILES string of the molecule is Cc1c(O)c2c(Cl)ccc3c4c(n(c1=O)c32)CCC(C)C4. The van der Waals surface area contributed by atoms with Crippen LogP contribution in [-0.2, 0) is 12.8 Å². The molecule has 1 aromatic carbocycles. The van der Waals surface area contributed by atoms with E-state index in [1.807, 2.05) is 12.1 Å². The van der Waals surface area contributed by atoms with Gasteiger partial charge >= 0.3 is 0 Å². The minimum Gasteiger partial charge on any atom is -0.507 e. The summed E-state index contributed by atoms with van der Waals surface area (Å²) >= 11 is 6.29. The Kier molecular flexibility index (Phi) is 2.55. The molecular formula is C17H16ClNO2. The first-order valence-electron chi connectivity index (χ1n) is 7.30. The zero-order valence-corrected chi connectivity index (χ0v) is 12.8. The van der Waals surface area contributed by atoms with Crippen LogP contribution in [0.5, 0.6) is 5.75 Å². The topological polar surface area (TPSA) is 41.7 Å². The fourth-order valence-electron chi connectivity index (χ4n) is 3.70. The first-order valence-corrected chi connectivity index (χ1v) is 7.68. The Hall–Kier alpha value is -1.74. The summed E-state index contributed by atoms with van der Waals surface area (Å²) in [7, 11) is 0. The van der Waals surface area contributed by atoms with Crippen LogP contribution in [0.3, 0.4) is 0 Å². The summed E-state index contributed by atoms with van der Waals surface area (Å²) in [5.41, 5.74) is 3.38. The summed E-state index contributed by atoms with van der Waals surface area (Å²) in [6.45, 7) is 3.90. The number of hydrogen-bond acceptors (Lipinski definition) is 2. The molecule has 2 heterocycles. The molecule has 1 atom stereocenters. The van der Waals surface area contributed by atoms with Crippen molar-refractivity contribution in [1.29, 1.82) is 0 Å². The lowest BCUT2D eigenvalue weighted by Gasteiger charge is -2.18. The van der Waals surface area contributed by atoms with E-state index in [0.29, 0.717) is 21.9 Å². The Bertz CT molecular complexity index is 942. The van der Waals surface area contributed by atoms with E-state index in [9.17, 15) is 9.90 Å². The number of fused-ring (bicyclic) bond motifs is 3. The number of nitrogens with zero attached hydrogens (tertiary/aromatic N) is 1. The number of halogens is 1. The van der Waals surface area contributed by atoms with Gasteiger partial charge in [0.15, 0.2) is 0 Å². The smallest absolute Gasteiger partial charge is 0.262 e. The van der Waals surface area contributed by atoms with Crippen molar-refractivity contribution in [3.63, 3.8) is 0 Å². The number of aryl methyl sites for hydroxylation is 1. The zero-order chi connectivity index (χ0) is 14.9. The van der Waals surface area contributed by atoms with Crippen molar-refractivity contribution in [2.45, 2.75) is 33.1 Å². The lowest BCUT2D eigenvalue weighted by Crippen LogP contribution is -2.20. The summed E-state index contributed by atoms with van der Waals surface area (Å²) in [5.74, 6) is 0.639. The standard InChI is InChI=1S/C17H16ClNO2/c1-8-3-6-13-11(7-8)10-4-5-12(18)14-15(10)19(13)17(21)9(2)16(14)20/h4-5,8,20H,3,6-7H2,1-2H3. The number of hydrogen-bond donors (Lipinski definition) is 1. The monoisotopic (exact) mass is 301 g/mol. The van der Waals surface area contributed by atoms with Crippen molar-refractivity contribution in [2.24, 2.45) is 5.92 Å². The van der Waals surface area contributed by atoms with Gasteiger partial charge in [0.1, 0.15) is 5.75 Å². The van der Waals surface area contributed by atoms with E-state index >= 15 is 0 Å². The maximum absolute atomic E-state index is 12.6. The van der Waals surface area contributed by atoms with Gasteiger partial charge in [0.2, 0.25) is 0 Å². The largest absolute Gasteiger partial charge is 0.507 e. The summed E-state index contributed by atoms with van der Waals surface area (Å²) in [6.07, 6.45) is 2.98. The second-order valence-corrected chi connectivity index (χ2v) is 6.61. The van der Waals surface area contributed by atoms with E-state index < -0.39 is 0 Å². The van der Waals surface area contributed by atoms with Gasteiger partial charge in [-0.2, -0.15) is 0 Å². The van der Waals surface area contributed by atoms with Crippen molar-refractivity contribution in [2.75, 3.05) is 0 Å². The summed E-state index contributed by atoms with van der Waals surface area (Å²) < 4.78 is 1.78. The molecule has 2 aromatic heterocycles. The van der Waals surface area contributed by atoms with Gasteiger partial charge in [-0.05, 0) is 43.7 Å². The Labute approximate surface area is 127 Å². The van der Waals surface area contributed by atoms with Crippen molar-refractivity contribution in [3.05, 3.63) is 44.3 Å². The molecule has 3 nitrogen and oxygen atoms in total. The second-order valence-electron chi connectivity index (χ2n) is 6.21. The third kappa shape index (κ3) is 1.53. The molecule has 0 aliphatic heterocycles. The van der Waals surface area contributed by atoms with Gasteiger partial charge in [-0.25, -0.2) is 0 Å². The molecule has 108 valence electrons. The van der Waals surface area contributed by atoms with E-state index in [1.54, 1.807) is 11.3 Å². The highest BCUT2D eigenvalue weighted by atomic mass is 35.5. The average molecular weight is 302 g/mol. The predicted octanol–water partition coefficient (Wildman–Crippen LogP) is 3.68. The van der Waals surface area contributed by atoms with Gasteiger partial charge < -0.3 is 5.11 Å². The van der Waals surface area contributed by atoms with E-state index in [-0.39, 0.29) is 11.3 Å². The molecule has 0 radical (unpaired) electrons. The normalized spacial score (nSPS) is 18.5. The number of pyridine rings is 1. The molecule has 1 aliphatic rings. The van der Waals surface area contributed by atoms with Crippen molar-refractivity contribution in [1.82, 2.24) is 4.40 Å². The molecule has 4 rings (SSSR count). The molecule has 21 heavy (non-hydrogen) atoms. The van der Waals surface area contributed by atoms with Crippen LogP contribution in [0.4, 0.5) is 0 Å². The maximum Gasteiger partial charge on any atom is 0.262 e. The van der Waals surface area contributed by atoms with Crippen LogP contribution in [0.1, 0.15) is 30.2 Å². The Morgan fingerprint density at radius 1 is 1.38 bits per heavy atom. The molecule has 0 saturated carbocycles. The van der Waals surface area contributed by atoms with Crippen LogP contribution < -0.4 is 5.56 Å². The number of aromatic hydroxyl groups is 1. The van der Waals surface area contributed by atoms with Crippen LogP contribution in [-0.4, -0.2) is 9.51 Å². The van der Waals surface area contributed by atoms with Crippen LogP contribution in [0.15, 0.2) is 16.9 Å². The van der Waals surface area contributed by atoms with Crippen LogP contribution in [0.2, 0.25) is 5.02 Å².